The van der Waals surface area contributed by atoms with E-state index in [0.29, 0.717) is 37.8 Å². The van der Waals surface area contributed by atoms with Crippen molar-refractivity contribution in [1.29, 1.82) is 0 Å². The van der Waals surface area contributed by atoms with Crippen molar-refractivity contribution in [3.05, 3.63) is 165 Å². The molecule has 0 aliphatic carbocycles. The largest absolute Gasteiger partial charge is 0.478 e. The number of anilines is 8. The van der Waals surface area contributed by atoms with Gasteiger partial charge in [0.1, 0.15) is 0 Å². The fourth-order valence-corrected chi connectivity index (χ4v) is 5.67. The Balaban J connectivity index is 0.000000211. The van der Waals surface area contributed by atoms with E-state index in [0.717, 1.165) is 0 Å². The third kappa shape index (κ3) is 10.0. The molecule has 6 aromatic carbocycles. The van der Waals surface area contributed by atoms with E-state index in [-0.39, 0.29) is 45.0 Å². The highest BCUT2D eigenvalue weighted by atomic mass is 35.5. The molecule has 55 heavy (non-hydrogen) atoms. The Kier molecular flexibility index (Phi) is 12.8. The van der Waals surface area contributed by atoms with Crippen molar-refractivity contribution in [2.24, 2.45) is 0 Å². The summed E-state index contributed by atoms with van der Waals surface area (Å²) in [6, 6.07) is 34.2. The molecule has 0 bridgehead atoms. The number of hydrogen-bond donors (Lipinski definition) is 8. The molecule has 12 nitrogen and oxygen atoms in total. The van der Waals surface area contributed by atoms with E-state index in [1.165, 1.54) is 24.3 Å². The van der Waals surface area contributed by atoms with Gasteiger partial charge in [0.25, 0.3) is 0 Å². The average molecular weight is 800 g/mol. The van der Waals surface area contributed by atoms with Crippen molar-refractivity contribution in [2.45, 2.75) is 0 Å². The first kappa shape index (κ1) is 39.5. The zero-order valence-electron chi connectivity index (χ0n) is 28.2. The lowest BCUT2D eigenvalue weighted by Crippen LogP contribution is -2.09. The molecule has 278 valence electrons. The number of benzene rings is 6. The Bertz CT molecular complexity index is 2330. The van der Waals surface area contributed by atoms with Crippen LogP contribution < -0.4 is 21.3 Å². The van der Waals surface area contributed by atoms with Gasteiger partial charge in [0, 0.05) is 5.69 Å². The smallest absolute Gasteiger partial charge is 0.337 e. The highest BCUT2D eigenvalue weighted by Gasteiger charge is 2.21. The lowest BCUT2D eigenvalue weighted by Gasteiger charge is -2.16. The second-order valence-corrected chi connectivity index (χ2v) is 12.6. The third-order valence-corrected chi connectivity index (χ3v) is 8.71. The monoisotopic (exact) mass is 798 g/mol. The topological polar surface area (TPSA) is 197 Å². The van der Waals surface area contributed by atoms with Crippen molar-refractivity contribution in [3.63, 3.8) is 0 Å². The lowest BCUT2D eigenvalue weighted by molar-refractivity contribution is 0.0683. The minimum atomic E-state index is -1.23. The molecule has 0 spiro atoms. The van der Waals surface area contributed by atoms with Crippen molar-refractivity contribution < 1.29 is 39.6 Å². The number of para-hydroxylation sites is 4. The summed E-state index contributed by atoms with van der Waals surface area (Å²) in [7, 11) is 0. The van der Waals surface area contributed by atoms with Crippen LogP contribution in [0.3, 0.4) is 0 Å². The zero-order chi connectivity index (χ0) is 39.6. The second-order valence-electron chi connectivity index (χ2n) is 11.4. The van der Waals surface area contributed by atoms with Gasteiger partial charge in [-0.3, -0.25) is 0 Å². The van der Waals surface area contributed by atoms with Crippen molar-refractivity contribution >= 4 is 104 Å². The molecule has 0 atom stereocenters. The van der Waals surface area contributed by atoms with Crippen LogP contribution in [0.1, 0.15) is 41.4 Å². The molecule has 15 heteroatoms. The number of aromatic carboxylic acids is 4. The summed E-state index contributed by atoms with van der Waals surface area (Å²) >= 11 is 18.3. The van der Waals surface area contributed by atoms with Gasteiger partial charge in [-0.05, 0) is 72.8 Å². The number of carboxylic acids is 4. The number of carbonyl (C=O) groups is 4. The molecule has 0 aliphatic rings. The first-order chi connectivity index (χ1) is 26.3. The van der Waals surface area contributed by atoms with Gasteiger partial charge < -0.3 is 41.7 Å². The van der Waals surface area contributed by atoms with Crippen LogP contribution in [-0.4, -0.2) is 44.3 Å². The van der Waals surface area contributed by atoms with E-state index in [1.54, 1.807) is 97.1 Å². The maximum absolute atomic E-state index is 11.8. The van der Waals surface area contributed by atoms with E-state index in [9.17, 15) is 39.6 Å². The number of nitrogens with one attached hydrogen (secondary N) is 4. The van der Waals surface area contributed by atoms with Crippen molar-refractivity contribution in [3.8, 4) is 0 Å². The molecule has 0 aromatic heterocycles. The van der Waals surface area contributed by atoms with Crippen LogP contribution in [0.15, 0.2) is 127 Å². The van der Waals surface area contributed by atoms with Crippen LogP contribution in [0.2, 0.25) is 15.1 Å². The first-order valence-corrected chi connectivity index (χ1v) is 17.1. The molecule has 8 N–H and O–H groups in total. The normalized spacial score (nSPS) is 10.3. The van der Waals surface area contributed by atoms with E-state index in [2.05, 4.69) is 21.3 Å². The Morgan fingerprint density at radius 1 is 0.345 bits per heavy atom. The Hall–Kier alpha value is -6.73. The minimum absolute atomic E-state index is 0.0709. The predicted octanol–water partition coefficient (Wildman–Crippen LogP) is 11.1. The molecule has 0 saturated carbocycles. The Morgan fingerprint density at radius 2 is 0.600 bits per heavy atom. The minimum Gasteiger partial charge on any atom is -0.478 e. The van der Waals surface area contributed by atoms with Crippen LogP contribution >= 0.6 is 34.8 Å². The third-order valence-electron chi connectivity index (χ3n) is 7.72. The van der Waals surface area contributed by atoms with Crippen LogP contribution in [-0.2, 0) is 0 Å². The first-order valence-electron chi connectivity index (χ1n) is 16.0. The van der Waals surface area contributed by atoms with E-state index < -0.39 is 23.9 Å². The zero-order valence-corrected chi connectivity index (χ0v) is 30.4. The Morgan fingerprint density at radius 3 is 0.873 bits per heavy atom. The number of hydrogen-bond acceptors (Lipinski definition) is 8. The summed E-state index contributed by atoms with van der Waals surface area (Å²) in [6.07, 6.45) is 0. The maximum Gasteiger partial charge on any atom is 0.337 e. The molecule has 6 aromatic rings. The SMILES string of the molecule is O=C(O)c1cc(Nc2ccccc2Cl)c(C(=O)O)cc1Nc1ccccc1.O=C(O)c1cc(Nc2ccccc2Cl)c(C(=O)O)cc1Nc1ccccc1Cl. The van der Waals surface area contributed by atoms with E-state index in [4.69, 9.17) is 34.8 Å². The molecule has 6 rings (SSSR count). The van der Waals surface area contributed by atoms with E-state index >= 15 is 0 Å². The average Bonchev–Trinajstić information content (AvgIpc) is 3.15. The van der Waals surface area contributed by atoms with Crippen LogP contribution in [0.5, 0.6) is 0 Å². The number of halogens is 3. The summed E-state index contributed by atoms with van der Waals surface area (Å²) < 4.78 is 0. The standard InChI is InChI=1S/C20H14Cl2N2O4.C20H15ClN2O4/c21-13-5-1-3-7-15(13)23-17-9-12(20(27)28)18(10-11(17)19(25)26)24-16-8-4-2-6-14(16)22;21-15-8-4-5-9-16(15)23-18-11-13(19(24)25)17(10-14(18)20(26)27)22-12-6-2-1-3-7-12/h1-10,23-24H,(H,25,26)(H,27,28);1-11,22-23H,(H,24,25)(H,26,27). The quantitative estimate of drug-likeness (QED) is 0.0584. The fourth-order valence-electron chi connectivity index (χ4n) is 5.12. The summed E-state index contributed by atoms with van der Waals surface area (Å²) in [5, 5.41) is 51.2. The van der Waals surface area contributed by atoms with Crippen molar-refractivity contribution in [1.82, 2.24) is 0 Å². The highest BCUT2D eigenvalue weighted by Crippen LogP contribution is 2.35. The summed E-state index contributed by atoms with van der Waals surface area (Å²) in [6.45, 7) is 0. The van der Waals surface area contributed by atoms with Gasteiger partial charge in [0.15, 0.2) is 0 Å². The Labute approximate surface area is 328 Å². The predicted molar refractivity (Wildman–Crippen MR) is 215 cm³/mol. The molecule has 0 radical (unpaired) electrons. The molecular weight excluding hydrogens is 771 g/mol. The fraction of sp³-hybridized carbons (Fsp3) is 0. The molecular formula is C40H29Cl3N4O8. The van der Waals surface area contributed by atoms with Crippen LogP contribution in [0.25, 0.3) is 0 Å². The number of carboxylic acid groups (broad SMARTS) is 4. The highest BCUT2D eigenvalue weighted by molar-refractivity contribution is 6.34. The summed E-state index contributed by atoms with van der Waals surface area (Å²) in [4.78, 5) is 47.0. The second kappa shape index (κ2) is 17.9. The van der Waals surface area contributed by atoms with Gasteiger partial charge >= 0.3 is 23.9 Å². The lowest BCUT2D eigenvalue weighted by atomic mass is 10.0. The van der Waals surface area contributed by atoms with Gasteiger partial charge in [0.05, 0.1) is 77.1 Å². The van der Waals surface area contributed by atoms with Gasteiger partial charge in [-0.2, -0.15) is 0 Å². The van der Waals surface area contributed by atoms with Crippen LogP contribution in [0.4, 0.5) is 45.5 Å². The summed E-state index contributed by atoms with van der Waals surface area (Å²) in [5.74, 6) is -4.84. The van der Waals surface area contributed by atoms with Gasteiger partial charge in [-0.15, -0.1) is 0 Å². The molecule has 0 saturated heterocycles. The molecule has 0 fully saturated rings. The molecule has 0 unspecified atom stereocenters. The summed E-state index contributed by atoms with van der Waals surface area (Å²) in [5.41, 5.74) is 2.12. The van der Waals surface area contributed by atoms with Gasteiger partial charge in [-0.1, -0.05) is 89.4 Å². The molecule has 0 amide bonds. The molecule has 0 heterocycles. The van der Waals surface area contributed by atoms with Crippen molar-refractivity contribution in [2.75, 3.05) is 21.3 Å². The van der Waals surface area contributed by atoms with Gasteiger partial charge in [0.2, 0.25) is 0 Å². The number of rotatable bonds is 12. The van der Waals surface area contributed by atoms with E-state index in [1.807, 2.05) is 6.07 Å². The maximum atomic E-state index is 11.8. The molecule has 0 aliphatic heterocycles. The van der Waals surface area contributed by atoms with Crippen LogP contribution in [0, 0.1) is 0 Å². The van der Waals surface area contributed by atoms with Gasteiger partial charge in [-0.25, -0.2) is 19.2 Å².